The molecule has 2 N–H and O–H groups in total. The van der Waals surface area contributed by atoms with Gasteiger partial charge in [-0.3, -0.25) is 0 Å². The van der Waals surface area contributed by atoms with Crippen LogP contribution >= 0.6 is 0 Å². The van der Waals surface area contributed by atoms with E-state index < -0.39 is 11.5 Å². The van der Waals surface area contributed by atoms with Crippen LogP contribution in [0, 0.1) is 34.5 Å². The number of aliphatic hydroxyl groups is 2. The van der Waals surface area contributed by atoms with Crippen molar-refractivity contribution in [3.05, 3.63) is 11.6 Å². The first kappa shape index (κ1) is 21.7. The molecule has 0 aromatic heterocycles. The molecule has 4 heteroatoms. The zero-order chi connectivity index (χ0) is 21.2. The monoisotopic (exact) mass is 410 g/mol. The first-order valence-corrected chi connectivity index (χ1v) is 11.9. The molecule has 6 unspecified atom stereocenters. The quantitative estimate of drug-likeness (QED) is 0.549. The third kappa shape index (κ3) is 3.41. The molecule has 0 bridgehead atoms. The lowest BCUT2D eigenvalue weighted by atomic mass is 9.47. The van der Waals surface area contributed by atoms with Crippen molar-refractivity contribution in [3.8, 4) is 0 Å². The first-order valence-electron chi connectivity index (χ1n) is 11.9. The number of hydrogen-bond acceptors (Lipinski definition) is 2. The van der Waals surface area contributed by atoms with Gasteiger partial charge in [0.15, 0.2) is 0 Å². The van der Waals surface area contributed by atoms with Crippen LogP contribution in [0.25, 0.3) is 0 Å². The molecule has 0 amide bonds. The summed E-state index contributed by atoms with van der Waals surface area (Å²) in [5.74, 6) is -0.712. The van der Waals surface area contributed by atoms with E-state index in [2.05, 4.69) is 19.9 Å². The van der Waals surface area contributed by atoms with Gasteiger partial charge in [-0.05, 0) is 106 Å². The molecular formula is C25H40F2O2. The van der Waals surface area contributed by atoms with Crippen LogP contribution in [-0.4, -0.2) is 27.8 Å². The molecule has 0 heterocycles. The summed E-state index contributed by atoms with van der Waals surface area (Å²) in [6, 6.07) is 0. The molecule has 7 atom stereocenters. The van der Waals surface area contributed by atoms with Crippen molar-refractivity contribution in [1.29, 1.82) is 0 Å². The summed E-state index contributed by atoms with van der Waals surface area (Å²) in [6.45, 7) is 7.26. The Bertz CT molecular complexity index is 666. The Morgan fingerprint density at radius 1 is 1.07 bits per heavy atom. The van der Waals surface area contributed by atoms with Crippen LogP contribution in [0.2, 0.25) is 0 Å². The molecule has 29 heavy (non-hydrogen) atoms. The Morgan fingerprint density at radius 3 is 2.48 bits per heavy atom. The average molecular weight is 411 g/mol. The summed E-state index contributed by atoms with van der Waals surface area (Å²) in [4.78, 5) is 0. The van der Waals surface area contributed by atoms with Crippen LogP contribution in [0.1, 0.15) is 91.9 Å². The number of allylic oxidation sites excluding steroid dienone is 1. The third-order valence-corrected chi connectivity index (χ3v) is 9.98. The maximum absolute atomic E-state index is 14.4. The SMILES string of the molecule is CC12CCC(O)CC1=CCC1C2CCC2(C)C(CCC(F)(F)C(C)(C)O)CC[C@@H]12. The minimum atomic E-state index is -3.03. The number of rotatable bonds is 4. The molecule has 0 radical (unpaired) electrons. The second-order valence-electron chi connectivity index (χ2n) is 11.8. The van der Waals surface area contributed by atoms with Crippen molar-refractivity contribution in [2.75, 3.05) is 0 Å². The highest BCUT2D eigenvalue weighted by molar-refractivity contribution is 5.25. The number of halogens is 2. The van der Waals surface area contributed by atoms with Gasteiger partial charge in [0.1, 0.15) is 5.60 Å². The minimum absolute atomic E-state index is 0.159. The molecular weight excluding hydrogens is 370 g/mol. The predicted octanol–water partition coefficient (Wildman–Crippen LogP) is 6.11. The Balaban J connectivity index is 1.50. The van der Waals surface area contributed by atoms with E-state index in [-0.39, 0.29) is 23.4 Å². The van der Waals surface area contributed by atoms with Crippen molar-refractivity contribution in [2.24, 2.45) is 34.5 Å². The number of fused-ring (bicyclic) bond motifs is 5. The molecule has 0 aromatic rings. The lowest BCUT2D eigenvalue weighted by Gasteiger charge is -2.58. The summed E-state index contributed by atoms with van der Waals surface area (Å²) < 4.78 is 28.8. The molecule has 3 fully saturated rings. The van der Waals surface area contributed by atoms with Crippen LogP contribution in [-0.2, 0) is 0 Å². The van der Waals surface area contributed by atoms with E-state index in [0.29, 0.717) is 30.1 Å². The van der Waals surface area contributed by atoms with Gasteiger partial charge in [-0.2, -0.15) is 0 Å². The normalized spacial score (nSPS) is 45.2. The lowest BCUT2D eigenvalue weighted by Crippen LogP contribution is -2.50. The summed E-state index contributed by atoms with van der Waals surface area (Å²) in [5.41, 5.74) is -0.0725. The van der Waals surface area contributed by atoms with E-state index in [4.69, 9.17) is 0 Å². The lowest BCUT2D eigenvalue weighted by molar-refractivity contribution is -0.169. The Kier molecular flexibility index (Phi) is 5.26. The zero-order valence-electron chi connectivity index (χ0n) is 18.7. The van der Waals surface area contributed by atoms with Crippen molar-refractivity contribution in [3.63, 3.8) is 0 Å². The fourth-order valence-electron chi connectivity index (χ4n) is 7.89. The van der Waals surface area contributed by atoms with Crippen molar-refractivity contribution in [2.45, 2.75) is 110 Å². The average Bonchev–Trinajstić information content (AvgIpc) is 2.96. The topological polar surface area (TPSA) is 40.5 Å². The van der Waals surface area contributed by atoms with Gasteiger partial charge in [-0.1, -0.05) is 25.5 Å². The van der Waals surface area contributed by atoms with Gasteiger partial charge in [0.05, 0.1) is 6.10 Å². The smallest absolute Gasteiger partial charge is 0.275 e. The second-order valence-corrected chi connectivity index (χ2v) is 11.8. The van der Waals surface area contributed by atoms with Gasteiger partial charge in [-0.25, -0.2) is 8.78 Å². The maximum atomic E-state index is 14.4. The predicted molar refractivity (Wildman–Crippen MR) is 112 cm³/mol. The fourth-order valence-corrected chi connectivity index (χ4v) is 7.89. The fraction of sp³-hybridized carbons (Fsp3) is 0.920. The summed E-state index contributed by atoms with van der Waals surface area (Å²) in [6.07, 6.45) is 11.1. The maximum Gasteiger partial charge on any atom is 0.275 e. The Hall–Kier alpha value is -0.480. The van der Waals surface area contributed by atoms with Crippen molar-refractivity contribution >= 4 is 0 Å². The highest BCUT2D eigenvalue weighted by Crippen LogP contribution is 2.66. The standard InChI is InChI=1S/C25H40F2O2/c1-22(2,29)25(26,27)14-9-16-6-8-20-19-7-5-17-15-18(28)10-12-24(17,4)21(19)11-13-23(16,20)3/h5,16,18-21,28-29H,6-15H2,1-4H3/t16?,18?,19?,20-,21?,23?,24?/m0/s1. The number of alkyl halides is 2. The third-order valence-electron chi connectivity index (χ3n) is 9.98. The van der Waals surface area contributed by atoms with Crippen LogP contribution in [0.15, 0.2) is 11.6 Å². The molecule has 4 aliphatic rings. The van der Waals surface area contributed by atoms with Crippen molar-refractivity contribution < 1.29 is 19.0 Å². The van der Waals surface area contributed by atoms with E-state index in [1.807, 2.05) is 0 Å². The largest absolute Gasteiger partial charge is 0.393 e. The molecule has 0 aromatic carbocycles. The van der Waals surface area contributed by atoms with Crippen LogP contribution in [0.3, 0.4) is 0 Å². The van der Waals surface area contributed by atoms with E-state index in [1.54, 1.807) is 0 Å². The minimum Gasteiger partial charge on any atom is -0.393 e. The first-order chi connectivity index (χ1) is 13.4. The highest BCUT2D eigenvalue weighted by Gasteiger charge is 2.59. The molecule has 0 aliphatic heterocycles. The molecule has 166 valence electrons. The molecule has 4 rings (SSSR count). The van der Waals surface area contributed by atoms with Gasteiger partial charge < -0.3 is 10.2 Å². The van der Waals surface area contributed by atoms with E-state index in [1.165, 1.54) is 25.8 Å². The van der Waals surface area contributed by atoms with Crippen molar-refractivity contribution in [1.82, 2.24) is 0 Å². The molecule has 4 aliphatic carbocycles. The molecule has 2 nitrogen and oxygen atoms in total. The number of hydrogen-bond donors (Lipinski definition) is 2. The van der Waals surface area contributed by atoms with Gasteiger partial charge in [0, 0.05) is 6.42 Å². The van der Waals surface area contributed by atoms with E-state index >= 15 is 0 Å². The van der Waals surface area contributed by atoms with E-state index in [0.717, 1.165) is 44.9 Å². The summed E-state index contributed by atoms with van der Waals surface area (Å²) >= 11 is 0. The highest BCUT2D eigenvalue weighted by atomic mass is 19.3. The summed E-state index contributed by atoms with van der Waals surface area (Å²) in [5, 5.41) is 20.0. The second kappa shape index (κ2) is 7.02. The van der Waals surface area contributed by atoms with Crippen LogP contribution in [0.4, 0.5) is 8.78 Å². The molecule has 0 saturated heterocycles. The summed E-state index contributed by atoms with van der Waals surface area (Å²) in [7, 11) is 0. The zero-order valence-corrected chi connectivity index (χ0v) is 18.7. The molecule has 0 spiro atoms. The van der Waals surface area contributed by atoms with Gasteiger partial charge in [0.2, 0.25) is 0 Å². The van der Waals surface area contributed by atoms with Gasteiger partial charge in [-0.15, -0.1) is 0 Å². The van der Waals surface area contributed by atoms with Gasteiger partial charge >= 0.3 is 0 Å². The number of aliphatic hydroxyl groups excluding tert-OH is 1. The Labute approximate surface area is 175 Å². The van der Waals surface area contributed by atoms with Gasteiger partial charge in [0.25, 0.3) is 5.92 Å². The van der Waals surface area contributed by atoms with Crippen LogP contribution < -0.4 is 0 Å². The Morgan fingerprint density at radius 2 is 1.79 bits per heavy atom. The van der Waals surface area contributed by atoms with E-state index in [9.17, 15) is 19.0 Å². The van der Waals surface area contributed by atoms with Crippen LogP contribution in [0.5, 0.6) is 0 Å². The molecule has 3 saturated carbocycles.